The van der Waals surface area contributed by atoms with Crippen LogP contribution in [0.2, 0.25) is 0 Å². The third-order valence-electron chi connectivity index (χ3n) is 3.18. The third-order valence-corrected chi connectivity index (χ3v) is 3.18. The zero-order valence-electron chi connectivity index (χ0n) is 11.4. The Morgan fingerprint density at radius 1 is 1.25 bits per heavy atom. The quantitative estimate of drug-likeness (QED) is 0.844. The number of hydrogen-bond donors (Lipinski definition) is 1. The number of hydrogen-bond acceptors (Lipinski definition) is 3. The molecule has 0 saturated heterocycles. The fourth-order valence-corrected chi connectivity index (χ4v) is 2.44. The highest BCUT2D eigenvalue weighted by molar-refractivity contribution is 5.53. The van der Waals surface area contributed by atoms with Crippen molar-refractivity contribution in [2.24, 2.45) is 0 Å². The van der Waals surface area contributed by atoms with Gasteiger partial charge in [0.1, 0.15) is 17.2 Å². The van der Waals surface area contributed by atoms with Gasteiger partial charge in [0, 0.05) is 29.8 Å². The van der Waals surface area contributed by atoms with Gasteiger partial charge in [-0.25, -0.2) is 4.39 Å². The molecule has 3 rings (SSSR count). The maximum Gasteiger partial charge on any atom is 0.169 e. The maximum atomic E-state index is 13.3. The third kappa shape index (κ3) is 2.41. The second kappa shape index (κ2) is 4.40. The summed E-state index contributed by atoms with van der Waals surface area (Å²) in [6, 6.07) is 9.86. The predicted octanol–water partition coefficient (Wildman–Crippen LogP) is 3.91. The molecule has 0 unspecified atom stereocenters. The van der Waals surface area contributed by atoms with Crippen LogP contribution in [0, 0.1) is 5.82 Å². The number of anilines is 1. The van der Waals surface area contributed by atoms with Gasteiger partial charge in [-0.15, -0.1) is 0 Å². The van der Waals surface area contributed by atoms with Gasteiger partial charge in [-0.3, -0.25) is 0 Å². The lowest BCUT2D eigenvalue weighted by Gasteiger charge is -2.18. The second-order valence-corrected chi connectivity index (χ2v) is 5.61. The van der Waals surface area contributed by atoms with Crippen LogP contribution in [0.3, 0.4) is 0 Å². The number of para-hydroxylation sites is 1. The zero-order chi connectivity index (χ0) is 14.3. The van der Waals surface area contributed by atoms with E-state index in [-0.39, 0.29) is 5.60 Å². The average Bonchev–Trinajstić information content (AvgIpc) is 2.63. The van der Waals surface area contributed by atoms with Crippen LogP contribution in [0.25, 0.3) is 0 Å². The number of nitrogen functional groups attached to an aromatic ring is 1. The van der Waals surface area contributed by atoms with Gasteiger partial charge >= 0.3 is 0 Å². The molecule has 2 aromatic carbocycles. The smallest absolute Gasteiger partial charge is 0.169 e. The number of rotatable bonds is 2. The molecule has 0 atom stereocenters. The number of fused-ring (bicyclic) bond motifs is 1. The molecule has 0 aromatic heterocycles. The minimum atomic E-state index is -0.422. The van der Waals surface area contributed by atoms with Crippen molar-refractivity contribution in [3.8, 4) is 17.2 Å². The van der Waals surface area contributed by atoms with E-state index in [0.29, 0.717) is 17.2 Å². The van der Waals surface area contributed by atoms with Crippen molar-refractivity contribution >= 4 is 5.69 Å². The first-order valence-corrected chi connectivity index (χ1v) is 6.48. The van der Waals surface area contributed by atoms with E-state index in [4.69, 9.17) is 15.2 Å². The highest BCUT2D eigenvalue weighted by atomic mass is 19.1. The molecule has 0 bridgehead atoms. The molecule has 0 saturated carbocycles. The largest absolute Gasteiger partial charge is 0.483 e. The summed E-state index contributed by atoms with van der Waals surface area (Å²) in [5, 5.41) is 0. The molecule has 0 aliphatic carbocycles. The van der Waals surface area contributed by atoms with Crippen LogP contribution in [0.15, 0.2) is 36.4 Å². The van der Waals surface area contributed by atoms with E-state index in [9.17, 15) is 4.39 Å². The van der Waals surface area contributed by atoms with Gasteiger partial charge in [0.25, 0.3) is 0 Å². The highest BCUT2D eigenvalue weighted by Gasteiger charge is 2.32. The van der Waals surface area contributed by atoms with Gasteiger partial charge in [0.05, 0.1) is 0 Å². The summed E-state index contributed by atoms with van der Waals surface area (Å²) in [5.41, 5.74) is 6.79. The highest BCUT2D eigenvalue weighted by Crippen LogP contribution is 2.43. The molecule has 2 N–H and O–H groups in total. The maximum absolute atomic E-state index is 13.3. The first-order valence-electron chi connectivity index (χ1n) is 6.48. The van der Waals surface area contributed by atoms with Crippen LogP contribution in [-0.4, -0.2) is 5.60 Å². The van der Waals surface area contributed by atoms with Crippen molar-refractivity contribution in [2.45, 2.75) is 25.9 Å². The molecule has 4 heteroatoms. The topological polar surface area (TPSA) is 44.5 Å². The van der Waals surface area contributed by atoms with E-state index in [1.165, 1.54) is 12.1 Å². The van der Waals surface area contributed by atoms with E-state index in [2.05, 4.69) is 0 Å². The van der Waals surface area contributed by atoms with Crippen LogP contribution >= 0.6 is 0 Å². The first kappa shape index (κ1) is 12.8. The summed E-state index contributed by atoms with van der Waals surface area (Å²) in [5.74, 6) is 1.25. The molecule has 104 valence electrons. The second-order valence-electron chi connectivity index (χ2n) is 5.61. The van der Waals surface area contributed by atoms with Crippen molar-refractivity contribution in [3.05, 3.63) is 47.8 Å². The summed E-state index contributed by atoms with van der Waals surface area (Å²) in [4.78, 5) is 0. The molecular weight excluding hydrogens is 257 g/mol. The van der Waals surface area contributed by atoms with Crippen LogP contribution in [0.1, 0.15) is 19.4 Å². The summed E-state index contributed by atoms with van der Waals surface area (Å²) in [6.45, 7) is 4.05. The van der Waals surface area contributed by atoms with E-state index >= 15 is 0 Å². The Labute approximate surface area is 117 Å². The van der Waals surface area contributed by atoms with E-state index in [1.54, 1.807) is 12.1 Å². The van der Waals surface area contributed by atoms with Crippen molar-refractivity contribution < 1.29 is 13.9 Å². The number of benzene rings is 2. The van der Waals surface area contributed by atoms with Crippen molar-refractivity contribution in [1.82, 2.24) is 0 Å². The van der Waals surface area contributed by atoms with Crippen LogP contribution in [0.5, 0.6) is 17.2 Å². The molecule has 1 heterocycles. The minimum absolute atomic E-state index is 0.247. The number of nitrogens with two attached hydrogens (primary N) is 1. The van der Waals surface area contributed by atoms with Gasteiger partial charge < -0.3 is 15.2 Å². The lowest BCUT2D eigenvalue weighted by Crippen LogP contribution is -2.24. The Kier molecular flexibility index (Phi) is 2.82. The van der Waals surface area contributed by atoms with Crippen molar-refractivity contribution in [2.75, 3.05) is 5.73 Å². The Morgan fingerprint density at radius 3 is 2.80 bits per heavy atom. The zero-order valence-corrected chi connectivity index (χ0v) is 11.4. The lowest BCUT2D eigenvalue weighted by atomic mass is 10.0. The summed E-state index contributed by atoms with van der Waals surface area (Å²) in [6.07, 6.45) is 0.824. The van der Waals surface area contributed by atoms with Crippen LogP contribution in [-0.2, 0) is 6.42 Å². The van der Waals surface area contributed by atoms with Crippen LogP contribution in [0.4, 0.5) is 10.1 Å². The SMILES string of the molecule is CC1(C)Cc2cccc(Oc3cc(N)cc(F)c3)c2O1. The fraction of sp³-hybridized carbons (Fsp3) is 0.250. The lowest BCUT2D eigenvalue weighted by molar-refractivity contribution is 0.135. The van der Waals surface area contributed by atoms with Crippen molar-refractivity contribution in [1.29, 1.82) is 0 Å². The van der Waals surface area contributed by atoms with Gasteiger partial charge in [-0.05, 0) is 26.0 Å². The number of halogens is 1. The first-order chi connectivity index (χ1) is 9.43. The van der Waals surface area contributed by atoms with Crippen LogP contribution < -0.4 is 15.2 Å². The molecular formula is C16H16FNO2. The molecule has 3 nitrogen and oxygen atoms in total. The molecule has 0 fully saturated rings. The summed E-state index contributed by atoms with van der Waals surface area (Å²) >= 11 is 0. The molecule has 0 radical (unpaired) electrons. The Bertz CT molecular complexity index is 647. The molecule has 0 amide bonds. The fourth-order valence-electron chi connectivity index (χ4n) is 2.44. The summed E-state index contributed by atoms with van der Waals surface area (Å²) < 4.78 is 25.0. The van der Waals surface area contributed by atoms with Gasteiger partial charge in [0.15, 0.2) is 11.5 Å². The molecule has 0 spiro atoms. The normalized spacial score (nSPS) is 15.6. The monoisotopic (exact) mass is 273 g/mol. The summed E-state index contributed by atoms with van der Waals surface area (Å²) in [7, 11) is 0. The van der Waals surface area contributed by atoms with Crippen molar-refractivity contribution in [3.63, 3.8) is 0 Å². The average molecular weight is 273 g/mol. The van der Waals surface area contributed by atoms with Gasteiger partial charge in [-0.2, -0.15) is 0 Å². The predicted molar refractivity (Wildman–Crippen MR) is 75.7 cm³/mol. The number of ether oxygens (including phenoxy) is 2. The van der Waals surface area contributed by atoms with Gasteiger partial charge in [0.2, 0.25) is 0 Å². The molecule has 1 aliphatic rings. The Hall–Kier alpha value is -2.23. The van der Waals surface area contributed by atoms with E-state index < -0.39 is 5.82 Å². The Balaban J connectivity index is 1.95. The Morgan fingerprint density at radius 2 is 2.05 bits per heavy atom. The molecule has 2 aromatic rings. The van der Waals surface area contributed by atoms with E-state index in [0.717, 1.165) is 17.7 Å². The molecule has 1 aliphatic heterocycles. The standard InChI is InChI=1S/C16H16FNO2/c1-16(2)9-10-4-3-5-14(15(10)20-16)19-13-7-11(17)6-12(18)8-13/h3-8H,9,18H2,1-2H3. The minimum Gasteiger partial charge on any atom is -0.483 e. The van der Waals surface area contributed by atoms with Gasteiger partial charge in [-0.1, -0.05) is 12.1 Å². The molecule has 20 heavy (non-hydrogen) atoms. The van der Waals surface area contributed by atoms with E-state index in [1.807, 2.05) is 26.0 Å².